The van der Waals surface area contributed by atoms with Crippen LogP contribution in [0, 0.1) is 5.92 Å². The van der Waals surface area contributed by atoms with Crippen LogP contribution in [-0.2, 0) is 15.0 Å². The third-order valence-corrected chi connectivity index (χ3v) is 4.32. The molecule has 2 N–H and O–H groups in total. The summed E-state index contributed by atoms with van der Waals surface area (Å²) >= 11 is 0. The molecule has 0 bridgehead atoms. The summed E-state index contributed by atoms with van der Waals surface area (Å²) in [6, 6.07) is 17.8. The SMILES string of the molecule is O=C(O)C1C=CC(c2ccccc2)=CC1(C(=O)O)c1ccccc1. The number of carboxylic acids is 2. The molecule has 0 spiro atoms. The molecule has 120 valence electrons. The second kappa shape index (κ2) is 6.16. The van der Waals surface area contributed by atoms with Gasteiger partial charge in [-0.2, -0.15) is 0 Å². The Balaban J connectivity index is 2.25. The Labute approximate surface area is 139 Å². The van der Waals surface area contributed by atoms with Crippen LogP contribution in [0.3, 0.4) is 0 Å². The highest BCUT2D eigenvalue weighted by Gasteiger charge is 2.50. The molecule has 0 radical (unpaired) electrons. The highest BCUT2D eigenvalue weighted by Crippen LogP contribution is 2.41. The van der Waals surface area contributed by atoms with Crippen LogP contribution in [0.5, 0.6) is 0 Å². The summed E-state index contributed by atoms with van der Waals surface area (Å²) < 4.78 is 0. The van der Waals surface area contributed by atoms with Gasteiger partial charge in [0.05, 0.1) is 5.92 Å². The minimum absolute atomic E-state index is 0.447. The zero-order valence-electron chi connectivity index (χ0n) is 12.8. The average molecular weight is 320 g/mol. The first-order valence-electron chi connectivity index (χ1n) is 7.54. The van der Waals surface area contributed by atoms with Gasteiger partial charge in [-0.15, -0.1) is 0 Å². The molecular formula is C20H16O4. The van der Waals surface area contributed by atoms with Gasteiger partial charge in [-0.25, -0.2) is 0 Å². The van der Waals surface area contributed by atoms with Gasteiger partial charge in [0, 0.05) is 0 Å². The van der Waals surface area contributed by atoms with Crippen molar-refractivity contribution in [2.75, 3.05) is 0 Å². The van der Waals surface area contributed by atoms with Crippen LogP contribution >= 0.6 is 0 Å². The van der Waals surface area contributed by atoms with Gasteiger partial charge in [0.1, 0.15) is 5.41 Å². The number of allylic oxidation sites excluding steroid dienone is 2. The Morgan fingerprint density at radius 1 is 0.875 bits per heavy atom. The summed E-state index contributed by atoms with van der Waals surface area (Å²) in [5.74, 6) is -3.52. The van der Waals surface area contributed by atoms with Crippen LogP contribution in [0.1, 0.15) is 11.1 Å². The first-order valence-corrected chi connectivity index (χ1v) is 7.54. The monoisotopic (exact) mass is 320 g/mol. The van der Waals surface area contributed by atoms with Crippen molar-refractivity contribution < 1.29 is 19.8 Å². The van der Waals surface area contributed by atoms with E-state index in [1.165, 1.54) is 6.08 Å². The van der Waals surface area contributed by atoms with E-state index in [0.29, 0.717) is 11.1 Å². The summed E-state index contributed by atoms with van der Waals surface area (Å²) in [6.45, 7) is 0. The van der Waals surface area contributed by atoms with E-state index in [-0.39, 0.29) is 0 Å². The van der Waals surface area contributed by atoms with E-state index in [1.807, 2.05) is 30.3 Å². The molecule has 4 nitrogen and oxygen atoms in total. The molecule has 0 saturated carbocycles. The fourth-order valence-electron chi connectivity index (χ4n) is 3.12. The van der Waals surface area contributed by atoms with Gasteiger partial charge in [-0.3, -0.25) is 9.59 Å². The maximum Gasteiger partial charge on any atom is 0.319 e. The number of carbonyl (C=O) groups is 2. The molecule has 2 atom stereocenters. The lowest BCUT2D eigenvalue weighted by Gasteiger charge is -2.34. The molecule has 2 unspecified atom stereocenters. The van der Waals surface area contributed by atoms with E-state index in [2.05, 4.69) is 0 Å². The normalized spacial score (nSPS) is 22.7. The van der Waals surface area contributed by atoms with Gasteiger partial charge >= 0.3 is 11.9 Å². The van der Waals surface area contributed by atoms with E-state index in [0.717, 1.165) is 5.56 Å². The van der Waals surface area contributed by atoms with Crippen LogP contribution in [0.4, 0.5) is 0 Å². The third-order valence-electron chi connectivity index (χ3n) is 4.32. The summed E-state index contributed by atoms with van der Waals surface area (Å²) in [4.78, 5) is 24.0. The van der Waals surface area contributed by atoms with E-state index in [9.17, 15) is 19.8 Å². The predicted molar refractivity (Wildman–Crippen MR) is 90.4 cm³/mol. The van der Waals surface area contributed by atoms with Gasteiger partial charge in [-0.05, 0) is 16.7 Å². The number of rotatable bonds is 4. The summed E-state index contributed by atoms with van der Waals surface area (Å²) in [7, 11) is 0. The highest BCUT2D eigenvalue weighted by atomic mass is 16.4. The second-order valence-electron chi connectivity index (χ2n) is 5.68. The van der Waals surface area contributed by atoms with Crippen molar-refractivity contribution in [3.63, 3.8) is 0 Å². The van der Waals surface area contributed by atoms with Gasteiger partial charge in [0.25, 0.3) is 0 Å². The molecular weight excluding hydrogens is 304 g/mol. The Morgan fingerprint density at radius 3 is 2.00 bits per heavy atom. The molecule has 24 heavy (non-hydrogen) atoms. The summed E-state index contributed by atoms with van der Waals surface area (Å²) in [5, 5.41) is 19.6. The van der Waals surface area contributed by atoms with E-state index in [1.54, 1.807) is 42.5 Å². The first kappa shape index (κ1) is 15.7. The van der Waals surface area contributed by atoms with Crippen molar-refractivity contribution in [1.29, 1.82) is 0 Å². The lowest BCUT2D eigenvalue weighted by molar-refractivity contribution is -0.152. The molecule has 1 aliphatic carbocycles. The van der Waals surface area contributed by atoms with E-state index < -0.39 is 23.3 Å². The van der Waals surface area contributed by atoms with Crippen molar-refractivity contribution in [3.8, 4) is 0 Å². The van der Waals surface area contributed by atoms with Crippen molar-refractivity contribution in [2.24, 2.45) is 5.92 Å². The smallest absolute Gasteiger partial charge is 0.319 e. The van der Waals surface area contributed by atoms with Crippen molar-refractivity contribution in [2.45, 2.75) is 5.41 Å². The van der Waals surface area contributed by atoms with Gasteiger partial charge in [0.15, 0.2) is 0 Å². The van der Waals surface area contributed by atoms with Crippen molar-refractivity contribution >= 4 is 17.5 Å². The quantitative estimate of drug-likeness (QED) is 0.906. The molecule has 3 rings (SSSR count). The Morgan fingerprint density at radius 2 is 1.46 bits per heavy atom. The standard InChI is InChI=1S/C20H16O4/c21-18(22)17-12-11-15(14-7-3-1-4-8-14)13-20(17,19(23)24)16-9-5-2-6-10-16/h1-13,17H,(H,21,22)(H,23,24). The van der Waals surface area contributed by atoms with Gasteiger partial charge in [0.2, 0.25) is 0 Å². The highest BCUT2D eigenvalue weighted by molar-refractivity contribution is 5.96. The Kier molecular flexibility index (Phi) is 4.04. The average Bonchev–Trinajstić information content (AvgIpc) is 2.62. The molecule has 0 aromatic heterocycles. The lowest BCUT2D eigenvalue weighted by atomic mass is 9.66. The number of benzene rings is 2. The summed E-state index contributed by atoms with van der Waals surface area (Å²) in [5.41, 5.74) is 0.341. The molecule has 0 heterocycles. The maximum atomic E-state index is 12.2. The van der Waals surface area contributed by atoms with Crippen LogP contribution in [0.25, 0.3) is 5.57 Å². The lowest BCUT2D eigenvalue weighted by Crippen LogP contribution is -2.45. The third kappa shape index (κ3) is 2.52. The first-order chi connectivity index (χ1) is 11.6. The number of hydrogen-bond donors (Lipinski definition) is 2. The molecule has 0 fully saturated rings. The molecule has 2 aromatic carbocycles. The topological polar surface area (TPSA) is 74.6 Å². The molecule has 1 aliphatic rings. The molecule has 0 aliphatic heterocycles. The van der Waals surface area contributed by atoms with Gasteiger partial charge < -0.3 is 10.2 Å². The number of carboxylic acid groups (broad SMARTS) is 2. The fraction of sp³-hybridized carbons (Fsp3) is 0.100. The maximum absolute atomic E-state index is 12.2. The van der Waals surface area contributed by atoms with Crippen LogP contribution in [0.2, 0.25) is 0 Å². The summed E-state index contributed by atoms with van der Waals surface area (Å²) in [6.07, 6.45) is 4.70. The minimum atomic E-state index is -1.65. The van der Waals surface area contributed by atoms with Gasteiger partial charge in [-0.1, -0.05) is 78.9 Å². The predicted octanol–water partition coefficient (Wildman–Crippen LogP) is 3.36. The largest absolute Gasteiger partial charge is 0.481 e. The van der Waals surface area contributed by atoms with E-state index >= 15 is 0 Å². The van der Waals surface area contributed by atoms with Crippen molar-refractivity contribution in [1.82, 2.24) is 0 Å². The molecule has 0 amide bonds. The molecule has 4 heteroatoms. The minimum Gasteiger partial charge on any atom is -0.481 e. The van der Waals surface area contributed by atoms with Crippen molar-refractivity contribution in [3.05, 3.63) is 90.0 Å². The zero-order valence-corrected chi connectivity index (χ0v) is 12.8. The van der Waals surface area contributed by atoms with Crippen LogP contribution in [0.15, 0.2) is 78.9 Å². The zero-order chi connectivity index (χ0) is 17.2. The fourth-order valence-corrected chi connectivity index (χ4v) is 3.12. The Hall–Kier alpha value is -3.14. The molecule has 2 aromatic rings. The van der Waals surface area contributed by atoms with E-state index in [4.69, 9.17) is 0 Å². The van der Waals surface area contributed by atoms with Crippen LogP contribution < -0.4 is 0 Å². The second-order valence-corrected chi connectivity index (χ2v) is 5.68. The number of hydrogen-bond acceptors (Lipinski definition) is 2. The van der Waals surface area contributed by atoms with Crippen LogP contribution in [-0.4, -0.2) is 22.2 Å². The molecule has 0 saturated heterocycles. The Bertz CT molecular complexity index is 821. The number of aliphatic carboxylic acids is 2.